The van der Waals surface area contributed by atoms with Crippen LogP contribution >= 0.6 is 0 Å². The van der Waals surface area contributed by atoms with E-state index in [-0.39, 0.29) is 5.41 Å². The summed E-state index contributed by atoms with van der Waals surface area (Å²) in [5.74, 6) is 0.995. The fourth-order valence-corrected chi connectivity index (χ4v) is 4.20. The molecule has 24 heavy (non-hydrogen) atoms. The fraction of sp³-hybridized carbons (Fsp3) is 0.727. The van der Waals surface area contributed by atoms with Crippen molar-refractivity contribution in [1.82, 2.24) is 4.90 Å². The van der Waals surface area contributed by atoms with Gasteiger partial charge in [-0.05, 0) is 61.3 Å². The third kappa shape index (κ3) is 5.81. The number of hydrogen-bond donors (Lipinski definition) is 0. The molecule has 0 aliphatic carbocycles. The monoisotopic (exact) mass is 331 g/mol. The topological polar surface area (TPSA) is 12.5 Å². The Labute approximate surface area is 149 Å². The number of likely N-dealkylation sites (tertiary alicyclic amines) is 1. The maximum Gasteiger partial charge on any atom is 0.119 e. The molecule has 2 nitrogen and oxygen atoms in total. The second-order valence-corrected chi connectivity index (χ2v) is 9.37. The summed E-state index contributed by atoms with van der Waals surface area (Å²) in [4.78, 5) is 2.56. The minimum absolute atomic E-state index is 0.194. The standard InChI is InChI=1S/C22H37NO/c1-18-9-7-8-14-23(18)15-16-24-20-12-10-19(11-13-20)22(5,6)17-21(2,3)4/h10-13,18H,7-9,14-17H2,1-6H3. The van der Waals surface area contributed by atoms with Gasteiger partial charge in [0.1, 0.15) is 12.4 Å². The molecular formula is C22H37NO. The van der Waals surface area contributed by atoms with E-state index in [9.17, 15) is 0 Å². The summed E-state index contributed by atoms with van der Waals surface area (Å²) in [7, 11) is 0. The van der Waals surface area contributed by atoms with Crippen LogP contribution in [0.5, 0.6) is 5.75 Å². The Morgan fingerprint density at radius 1 is 1.04 bits per heavy atom. The lowest BCUT2D eigenvalue weighted by Gasteiger charge is -2.33. The van der Waals surface area contributed by atoms with Gasteiger partial charge in [0.05, 0.1) is 0 Å². The van der Waals surface area contributed by atoms with Crippen molar-refractivity contribution < 1.29 is 4.74 Å². The van der Waals surface area contributed by atoms with Crippen molar-refractivity contribution in [2.45, 2.75) is 78.7 Å². The molecule has 1 aromatic carbocycles. The Kier molecular flexibility index (Phi) is 6.36. The molecule has 1 fully saturated rings. The highest BCUT2D eigenvalue weighted by molar-refractivity contribution is 5.31. The number of ether oxygens (including phenoxy) is 1. The van der Waals surface area contributed by atoms with E-state index >= 15 is 0 Å². The van der Waals surface area contributed by atoms with E-state index in [1.165, 1.54) is 37.8 Å². The molecule has 0 N–H and O–H groups in total. The molecule has 1 aliphatic rings. The van der Waals surface area contributed by atoms with Crippen LogP contribution in [0, 0.1) is 5.41 Å². The number of benzene rings is 1. The van der Waals surface area contributed by atoms with Crippen molar-refractivity contribution in [2.24, 2.45) is 5.41 Å². The Morgan fingerprint density at radius 2 is 1.71 bits per heavy atom. The lowest BCUT2D eigenvalue weighted by molar-refractivity contribution is 0.133. The smallest absolute Gasteiger partial charge is 0.119 e. The van der Waals surface area contributed by atoms with Gasteiger partial charge in [-0.15, -0.1) is 0 Å². The Balaban J connectivity index is 1.85. The number of rotatable bonds is 6. The van der Waals surface area contributed by atoms with Crippen LogP contribution in [0.4, 0.5) is 0 Å². The van der Waals surface area contributed by atoms with Crippen molar-refractivity contribution in [3.63, 3.8) is 0 Å². The zero-order valence-corrected chi connectivity index (χ0v) is 16.7. The second-order valence-electron chi connectivity index (χ2n) is 9.37. The Hall–Kier alpha value is -1.02. The third-order valence-electron chi connectivity index (χ3n) is 5.20. The van der Waals surface area contributed by atoms with Crippen molar-refractivity contribution in [3.8, 4) is 5.75 Å². The summed E-state index contributed by atoms with van der Waals surface area (Å²) in [5.41, 5.74) is 1.93. The molecule has 0 spiro atoms. The molecule has 1 saturated heterocycles. The zero-order valence-electron chi connectivity index (χ0n) is 16.7. The van der Waals surface area contributed by atoms with Gasteiger partial charge in [-0.25, -0.2) is 0 Å². The molecule has 2 rings (SSSR count). The summed E-state index contributed by atoms with van der Waals surface area (Å²) in [6.45, 7) is 17.0. The first-order valence-corrected chi connectivity index (χ1v) is 9.65. The van der Waals surface area contributed by atoms with Crippen LogP contribution in [0.15, 0.2) is 24.3 Å². The minimum atomic E-state index is 0.194. The number of piperidine rings is 1. The van der Waals surface area contributed by atoms with Gasteiger partial charge >= 0.3 is 0 Å². The highest BCUT2D eigenvalue weighted by Gasteiger charge is 2.27. The first-order valence-electron chi connectivity index (χ1n) is 9.65. The van der Waals surface area contributed by atoms with Crippen LogP contribution in [-0.4, -0.2) is 30.6 Å². The predicted molar refractivity (Wildman–Crippen MR) is 104 cm³/mol. The van der Waals surface area contributed by atoms with Crippen LogP contribution in [0.3, 0.4) is 0 Å². The summed E-state index contributed by atoms with van der Waals surface area (Å²) < 4.78 is 5.98. The van der Waals surface area contributed by atoms with Crippen molar-refractivity contribution in [3.05, 3.63) is 29.8 Å². The SMILES string of the molecule is CC1CCCCN1CCOc1ccc(C(C)(C)CC(C)(C)C)cc1. The quantitative estimate of drug-likeness (QED) is 0.667. The van der Waals surface area contributed by atoms with Crippen LogP contribution in [0.25, 0.3) is 0 Å². The van der Waals surface area contributed by atoms with Crippen molar-refractivity contribution in [1.29, 1.82) is 0 Å². The molecule has 0 saturated carbocycles. The zero-order chi connectivity index (χ0) is 17.8. The molecule has 1 aromatic rings. The highest BCUT2D eigenvalue weighted by atomic mass is 16.5. The van der Waals surface area contributed by atoms with Crippen LogP contribution in [0.1, 0.15) is 72.8 Å². The van der Waals surface area contributed by atoms with Crippen LogP contribution in [-0.2, 0) is 5.41 Å². The van der Waals surface area contributed by atoms with Gasteiger partial charge in [0.2, 0.25) is 0 Å². The molecule has 1 heterocycles. The summed E-state index contributed by atoms with van der Waals surface area (Å²) in [6.07, 6.45) is 5.22. The average molecular weight is 332 g/mol. The van der Waals surface area contributed by atoms with Crippen molar-refractivity contribution >= 4 is 0 Å². The molecule has 0 bridgehead atoms. The van der Waals surface area contributed by atoms with Gasteiger partial charge in [-0.2, -0.15) is 0 Å². The lowest BCUT2D eigenvalue weighted by Crippen LogP contribution is -2.39. The van der Waals surface area contributed by atoms with E-state index in [0.29, 0.717) is 11.5 Å². The normalized spacial score (nSPS) is 20.2. The molecule has 0 amide bonds. The predicted octanol–water partition coefficient (Wildman–Crippen LogP) is 5.65. The Morgan fingerprint density at radius 3 is 2.29 bits per heavy atom. The van der Waals surface area contributed by atoms with E-state index in [4.69, 9.17) is 4.74 Å². The van der Waals surface area contributed by atoms with Gasteiger partial charge in [0, 0.05) is 12.6 Å². The van der Waals surface area contributed by atoms with E-state index in [1.54, 1.807) is 0 Å². The Bertz CT molecular complexity index is 498. The lowest BCUT2D eigenvalue weighted by atomic mass is 9.72. The molecular weight excluding hydrogens is 294 g/mol. The average Bonchev–Trinajstić information content (AvgIpc) is 2.47. The summed E-state index contributed by atoms with van der Waals surface area (Å²) >= 11 is 0. The van der Waals surface area contributed by atoms with E-state index < -0.39 is 0 Å². The van der Waals surface area contributed by atoms with Gasteiger partial charge in [-0.1, -0.05) is 53.2 Å². The summed E-state index contributed by atoms with van der Waals surface area (Å²) in [6, 6.07) is 9.47. The number of hydrogen-bond acceptors (Lipinski definition) is 2. The maximum atomic E-state index is 5.98. The van der Waals surface area contributed by atoms with Crippen LogP contribution in [0.2, 0.25) is 0 Å². The largest absolute Gasteiger partial charge is 0.492 e. The fourth-order valence-electron chi connectivity index (χ4n) is 4.20. The highest BCUT2D eigenvalue weighted by Crippen LogP contribution is 2.36. The molecule has 1 atom stereocenters. The van der Waals surface area contributed by atoms with Gasteiger partial charge in [0.25, 0.3) is 0 Å². The molecule has 0 aromatic heterocycles. The van der Waals surface area contributed by atoms with E-state index in [1.807, 2.05) is 0 Å². The van der Waals surface area contributed by atoms with Gasteiger partial charge in [0.15, 0.2) is 0 Å². The molecule has 1 unspecified atom stereocenters. The third-order valence-corrected chi connectivity index (χ3v) is 5.20. The molecule has 136 valence electrons. The van der Waals surface area contributed by atoms with Gasteiger partial charge < -0.3 is 4.74 Å². The van der Waals surface area contributed by atoms with E-state index in [2.05, 4.69) is 70.7 Å². The van der Waals surface area contributed by atoms with Crippen molar-refractivity contribution in [2.75, 3.05) is 19.7 Å². The summed E-state index contributed by atoms with van der Waals surface area (Å²) in [5, 5.41) is 0. The first-order chi connectivity index (χ1) is 11.2. The van der Waals surface area contributed by atoms with Crippen LogP contribution < -0.4 is 4.74 Å². The molecule has 2 heteroatoms. The molecule has 1 aliphatic heterocycles. The molecule has 0 radical (unpaired) electrons. The van der Waals surface area contributed by atoms with Gasteiger partial charge in [-0.3, -0.25) is 4.90 Å². The maximum absolute atomic E-state index is 5.98. The second kappa shape index (κ2) is 7.91. The van der Waals surface area contributed by atoms with E-state index in [0.717, 1.165) is 18.9 Å². The minimum Gasteiger partial charge on any atom is -0.492 e. The number of nitrogens with zero attached hydrogens (tertiary/aromatic N) is 1. The first kappa shape index (κ1) is 19.3.